The second-order valence-corrected chi connectivity index (χ2v) is 11.4. The Morgan fingerprint density at radius 1 is 0.943 bits per heavy atom. The standard InChI is InChI=1S/C27H38O8/c1-15-13-20-18(19-5-6-21(26(15)19)35-25(33)10-8-23(30)31)4-3-16-14-17(11-12-27(16,20)2)34-24(32)9-7-22(28)29/h3,15,17-21,26H,4-14H2,1-2H3,(H,28,29)(H,30,31)/t15?,17-,18?,19?,20?,21-,26?,27-/m0/s1. The van der Waals surface area contributed by atoms with Crippen LogP contribution in [0, 0.1) is 35.0 Å². The number of rotatable bonds is 8. The van der Waals surface area contributed by atoms with Crippen molar-refractivity contribution in [1.82, 2.24) is 0 Å². The van der Waals surface area contributed by atoms with Crippen molar-refractivity contribution in [3.63, 3.8) is 0 Å². The monoisotopic (exact) mass is 490 g/mol. The molecule has 4 aliphatic carbocycles. The average Bonchev–Trinajstić information content (AvgIpc) is 3.21. The van der Waals surface area contributed by atoms with Crippen molar-refractivity contribution < 1.29 is 38.9 Å². The van der Waals surface area contributed by atoms with Crippen LogP contribution in [0.3, 0.4) is 0 Å². The summed E-state index contributed by atoms with van der Waals surface area (Å²) in [5.41, 5.74) is 1.45. The lowest BCUT2D eigenvalue weighted by Crippen LogP contribution is -2.50. The normalized spacial score (nSPS) is 37.8. The molecule has 3 fully saturated rings. The number of carbonyl (C=O) groups is 4. The van der Waals surface area contributed by atoms with Gasteiger partial charge in [0.2, 0.25) is 0 Å². The molecule has 0 aromatic rings. The lowest BCUT2D eigenvalue weighted by atomic mass is 9.49. The largest absolute Gasteiger partial charge is 0.481 e. The molecule has 0 spiro atoms. The number of hydrogen-bond acceptors (Lipinski definition) is 6. The molecule has 8 heteroatoms. The van der Waals surface area contributed by atoms with Gasteiger partial charge in [-0.1, -0.05) is 25.5 Å². The van der Waals surface area contributed by atoms with E-state index in [0.717, 1.165) is 44.9 Å². The molecule has 35 heavy (non-hydrogen) atoms. The third-order valence-electron chi connectivity index (χ3n) is 9.35. The summed E-state index contributed by atoms with van der Waals surface area (Å²) in [5, 5.41) is 17.6. The fourth-order valence-corrected chi connectivity index (χ4v) is 7.76. The van der Waals surface area contributed by atoms with E-state index in [9.17, 15) is 19.2 Å². The minimum atomic E-state index is -0.992. The quantitative estimate of drug-likeness (QED) is 0.380. The van der Waals surface area contributed by atoms with E-state index in [-0.39, 0.29) is 43.3 Å². The molecule has 3 saturated carbocycles. The highest BCUT2D eigenvalue weighted by atomic mass is 16.5. The molecular formula is C27H38O8. The van der Waals surface area contributed by atoms with Crippen molar-refractivity contribution in [3.8, 4) is 0 Å². The van der Waals surface area contributed by atoms with E-state index in [1.165, 1.54) is 5.57 Å². The third-order valence-corrected chi connectivity index (χ3v) is 9.35. The SMILES string of the molecule is CC1CC2C(CC=C3C[C@@H](OC(=O)CCC(=O)O)CC[C@@]32C)C2CC[C@H](OC(=O)CCC(=O)O)C12. The smallest absolute Gasteiger partial charge is 0.306 e. The lowest BCUT2D eigenvalue weighted by Gasteiger charge is -2.56. The summed E-state index contributed by atoms with van der Waals surface area (Å²) < 4.78 is 11.4. The van der Waals surface area contributed by atoms with Crippen LogP contribution in [0.25, 0.3) is 0 Å². The number of allylic oxidation sites excluding steroid dienone is 1. The first kappa shape index (κ1) is 25.7. The highest BCUT2D eigenvalue weighted by molar-refractivity contribution is 5.77. The molecule has 5 unspecified atom stereocenters. The Kier molecular flexibility index (Phi) is 7.57. The van der Waals surface area contributed by atoms with Crippen molar-refractivity contribution in [3.05, 3.63) is 11.6 Å². The molecule has 0 aromatic heterocycles. The Labute approximate surface area is 206 Å². The summed E-state index contributed by atoms with van der Waals surface area (Å²) in [4.78, 5) is 45.8. The third kappa shape index (κ3) is 5.41. The topological polar surface area (TPSA) is 127 Å². The molecule has 0 saturated heterocycles. The zero-order valence-electron chi connectivity index (χ0n) is 20.7. The molecule has 0 radical (unpaired) electrons. The van der Waals surface area contributed by atoms with Crippen LogP contribution in [0.4, 0.5) is 0 Å². The summed E-state index contributed by atoms with van der Waals surface area (Å²) in [6.45, 7) is 4.64. The van der Waals surface area contributed by atoms with Crippen LogP contribution in [0.1, 0.15) is 84.5 Å². The molecule has 0 aromatic carbocycles. The van der Waals surface area contributed by atoms with Gasteiger partial charge in [0, 0.05) is 12.3 Å². The number of ether oxygens (including phenoxy) is 2. The van der Waals surface area contributed by atoms with Gasteiger partial charge < -0.3 is 19.7 Å². The predicted octanol–water partition coefficient (Wildman–Crippen LogP) is 4.36. The zero-order valence-corrected chi connectivity index (χ0v) is 20.7. The van der Waals surface area contributed by atoms with Crippen LogP contribution < -0.4 is 0 Å². The van der Waals surface area contributed by atoms with Gasteiger partial charge in [0.1, 0.15) is 12.2 Å². The summed E-state index contributed by atoms with van der Waals surface area (Å²) in [5.74, 6) is -0.468. The van der Waals surface area contributed by atoms with Crippen molar-refractivity contribution in [2.24, 2.45) is 35.0 Å². The maximum absolute atomic E-state index is 12.2. The van der Waals surface area contributed by atoms with Gasteiger partial charge in [0.05, 0.1) is 25.7 Å². The van der Waals surface area contributed by atoms with E-state index in [4.69, 9.17) is 19.7 Å². The highest BCUT2D eigenvalue weighted by Crippen LogP contribution is 2.63. The summed E-state index contributed by atoms with van der Waals surface area (Å²) in [6, 6.07) is 0. The fourth-order valence-electron chi connectivity index (χ4n) is 7.76. The Morgan fingerprint density at radius 2 is 1.60 bits per heavy atom. The van der Waals surface area contributed by atoms with Crippen LogP contribution in [0.2, 0.25) is 0 Å². The van der Waals surface area contributed by atoms with Gasteiger partial charge in [-0.25, -0.2) is 0 Å². The number of carboxylic acid groups (broad SMARTS) is 2. The Balaban J connectivity index is 1.40. The molecule has 8 atom stereocenters. The molecule has 4 rings (SSSR count). The molecule has 8 nitrogen and oxygen atoms in total. The second-order valence-electron chi connectivity index (χ2n) is 11.4. The number of carboxylic acids is 2. The number of hydrogen-bond donors (Lipinski definition) is 2. The number of esters is 2. The molecule has 0 aliphatic heterocycles. The summed E-state index contributed by atoms with van der Waals surface area (Å²) >= 11 is 0. The van der Waals surface area contributed by atoms with Gasteiger partial charge in [0.15, 0.2) is 0 Å². The van der Waals surface area contributed by atoms with Crippen LogP contribution in [0.5, 0.6) is 0 Å². The Hall–Kier alpha value is -2.38. The van der Waals surface area contributed by atoms with Crippen molar-refractivity contribution in [2.45, 2.75) is 96.7 Å². The maximum atomic E-state index is 12.2. The van der Waals surface area contributed by atoms with E-state index in [2.05, 4.69) is 19.9 Å². The van der Waals surface area contributed by atoms with Gasteiger partial charge in [-0.2, -0.15) is 0 Å². The van der Waals surface area contributed by atoms with Crippen LogP contribution >= 0.6 is 0 Å². The zero-order chi connectivity index (χ0) is 25.3. The summed E-state index contributed by atoms with van der Waals surface area (Å²) in [7, 11) is 0. The maximum Gasteiger partial charge on any atom is 0.306 e. The average molecular weight is 491 g/mol. The Morgan fingerprint density at radius 3 is 2.26 bits per heavy atom. The summed E-state index contributed by atoms with van der Waals surface area (Å²) in [6.07, 6.45) is 7.94. The molecule has 0 amide bonds. The fraction of sp³-hybridized carbons (Fsp3) is 0.778. The van der Waals surface area contributed by atoms with E-state index in [0.29, 0.717) is 29.6 Å². The van der Waals surface area contributed by atoms with Gasteiger partial charge in [0.25, 0.3) is 0 Å². The predicted molar refractivity (Wildman–Crippen MR) is 125 cm³/mol. The minimum Gasteiger partial charge on any atom is -0.481 e. The first-order valence-corrected chi connectivity index (χ1v) is 13.1. The van der Waals surface area contributed by atoms with Crippen LogP contribution in [-0.4, -0.2) is 46.3 Å². The molecule has 0 bridgehead atoms. The van der Waals surface area contributed by atoms with Crippen LogP contribution in [-0.2, 0) is 28.7 Å². The highest BCUT2D eigenvalue weighted by Gasteiger charge is 2.57. The van der Waals surface area contributed by atoms with Crippen molar-refractivity contribution in [2.75, 3.05) is 0 Å². The molecule has 0 heterocycles. The van der Waals surface area contributed by atoms with E-state index >= 15 is 0 Å². The van der Waals surface area contributed by atoms with Gasteiger partial charge >= 0.3 is 23.9 Å². The molecule has 194 valence electrons. The van der Waals surface area contributed by atoms with E-state index in [1.54, 1.807) is 0 Å². The van der Waals surface area contributed by atoms with E-state index < -0.39 is 23.9 Å². The Bertz CT molecular complexity index is 894. The van der Waals surface area contributed by atoms with Crippen molar-refractivity contribution >= 4 is 23.9 Å². The van der Waals surface area contributed by atoms with Gasteiger partial charge in [-0.05, 0) is 67.6 Å². The molecule has 4 aliphatic rings. The first-order valence-electron chi connectivity index (χ1n) is 13.1. The first-order chi connectivity index (χ1) is 16.6. The number of aliphatic carboxylic acids is 2. The molecule has 2 N–H and O–H groups in total. The van der Waals surface area contributed by atoms with Gasteiger partial charge in [-0.15, -0.1) is 0 Å². The number of carbonyl (C=O) groups excluding carboxylic acids is 2. The molecular weight excluding hydrogens is 452 g/mol. The minimum absolute atomic E-state index is 0.0718. The number of fused-ring (bicyclic) bond motifs is 5. The lowest BCUT2D eigenvalue weighted by molar-refractivity contribution is -0.157. The second kappa shape index (κ2) is 10.3. The van der Waals surface area contributed by atoms with E-state index in [1.807, 2.05) is 0 Å². The van der Waals surface area contributed by atoms with Crippen molar-refractivity contribution in [1.29, 1.82) is 0 Å². The van der Waals surface area contributed by atoms with Gasteiger partial charge in [-0.3, -0.25) is 19.2 Å². The van der Waals surface area contributed by atoms with Crippen LogP contribution in [0.15, 0.2) is 11.6 Å².